The predicted molar refractivity (Wildman–Crippen MR) is 108 cm³/mol. The van der Waals surface area contributed by atoms with E-state index in [1.807, 2.05) is 6.07 Å². The summed E-state index contributed by atoms with van der Waals surface area (Å²) in [4.78, 5) is 40.2. The van der Waals surface area contributed by atoms with Gasteiger partial charge in [0.2, 0.25) is 5.91 Å². The van der Waals surface area contributed by atoms with Crippen molar-refractivity contribution >= 4 is 17.8 Å². The fraction of sp³-hybridized carbons (Fsp3) is 0.273. The molecule has 1 N–H and O–H groups in total. The van der Waals surface area contributed by atoms with Gasteiger partial charge in [0.1, 0.15) is 12.1 Å². The van der Waals surface area contributed by atoms with Crippen LogP contribution in [0.15, 0.2) is 42.5 Å². The lowest BCUT2D eigenvalue weighted by molar-refractivity contribution is -0.138. The Labute approximate surface area is 178 Å². The van der Waals surface area contributed by atoms with E-state index in [2.05, 4.69) is 5.32 Å². The van der Waals surface area contributed by atoms with Gasteiger partial charge in [-0.3, -0.25) is 14.5 Å². The maximum absolute atomic E-state index is 13.9. The molecule has 0 saturated carbocycles. The minimum Gasteiger partial charge on any atom is -0.494 e. The molecule has 1 atom stereocenters. The monoisotopic (exact) mass is 424 g/mol. The number of hydrogen-bond acceptors (Lipinski definition) is 5. The first-order valence-corrected chi connectivity index (χ1v) is 9.40. The highest BCUT2D eigenvalue weighted by atomic mass is 19.1. The summed E-state index contributed by atoms with van der Waals surface area (Å²) in [6, 6.07) is 11.9. The molecule has 1 saturated heterocycles. The van der Waals surface area contributed by atoms with Gasteiger partial charge in [0.25, 0.3) is 5.91 Å². The number of rotatable bonds is 6. The third-order valence-corrected chi connectivity index (χ3v) is 5.22. The Morgan fingerprint density at radius 2 is 1.94 bits per heavy atom. The SMILES string of the molecule is COc1ccc(CN(C)C(=O)CN2C(=O)NC(C)(c3ccc(C#N)cc3)C2=O)cc1F. The number of nitriles is 1. The number of urea groups is 1. The van der Waals surface area contributed by atoms with E-state index in [9.17, 15) is 18.8 Å². The van der Waals surface area contributed by atoms with E-state index in [0.717, 1.165) is 4.90 Å². The van der Waals surface area contributed by atoms with Crippen molar-refractivity contribution in [2.45, 2.75) is 19.0 Å². The molecule has 1 unspecified atom stereocenters. The van der Waals surface area contributed by atoms with Gasteiger partial charge >= 0.3 is 6.03 Å². The van der Waals surface area contributed by atoms with Crippen LogP contribution in [0.1, 0.15) is 23.6 Å². The zero-order chi connectivity index (χ0) is 22.8. The lowest BCUT2D eigenvalue weighted by Crippen LogP contribution is -2.43. The van der Waals surface area contributed by atoms with Crippen LogP contribution < -0.4 is 10.1 Å². The number of imide groups is 1. The van der Waals surface area contributed by atoms with Crippen LogP contribution in [-0.4, -0.2) is 48.3 Å². The zero-order valence-corrected chi connectivity index (χ0v) is 17.3. The van der Waals surface area contributed by atoms with Gasteiger partial charge in [-0.2, -0.15) is 5.26 Å². The van der Waals surface area contributed by atoms with E-state index < -0.39 is 35.7 Å². The van der Waals surface area contributed by atoms with Gasteiger partial charge in [0.15, 0.2) is 11.6 Å². The number of carbonyl (C=O) groups is 3. The third-order valence-electron chi connectivity index (χ3n) is 5.22. The van der Waals surface area contributed by atoms with Crippen LogP contribution in [0.25, 0.3) is 0 Å². The Kier molecular flexibility index (Phi) is 5.92. The zero-order valence-electron chi connectivity index (χ0n) is 17.3. The first kappa shape index (κ1) is 21.8. The molecule has 8 nitrogen and oxygen atoms in total. The predicted octanol–water partition coefficient (Wildman–Crippen LogP) is 2.13. The molecule has 160 valence electrons. The summed E-state index contributed by atoms with van der Waals surface area (Å²) >= 11 is 0. The molecule has 1 heterocycles. The molecule has 1 fully saturated rings. The number of nitrogens with one attached hydrogen (secondary N) is 1. The number of ether oxygens (including phenoxy) is 1. The number of carbonyl (C=O) groups excluding carboxylic acids is 3. The van der Waals surface area contributed by atoms with E-state index in [1.165, 1.54) is 31.2 Å². The van der Waals surface area contributed by atoms with Crippen LogP contribution in [0.3, 0.4) is 0 Å². The maximum atomic E-state index is 13.9. The summed E-state index contributed by atoms with van der Waals surface area (Å²) in [5.41, 5.74) is 0.117. The van der Waals surface area contributed by atoms with Gasteiger partial charge in [-0.15, -0.1) is 0 Å². The third kappa shape index (κ3) is 4.19. The molecule has 2 aromatic rings. The molecule has 0 aromatic heterocycles. The Balaban J connectivity index is 1.70. The molecule has 9 heteroatoms. The van der Waals surface area contributed by atoms with E-state index in [-0.39, 0.29) is 12.3 Å². The first-order valence-electron chi connectivity index (χ1n) is 9.40. The molecule has 3 rings (SSSR count). The molecular formula is C22H21FN4O4. The average Bonchev–Trinajstić information content (AvgIpc) is 2.97. The highest BCUT2D eigenvalue weighted by molar-refractivity contribution is 6.09. The van der Waals surface area contributed by atoms with Gasteiger partial charge in [0, 0.05) is 13.6 Å². The molecule has 1 aliphatic rings. The first-order chi connectivity index (χ1) is 14.7. The van der Waals surface area contributed by atoms with E-state index in [0.29, 0.717) is 16.7 Å². The van der Waals surface area contributed by atoms with Crippen molar-refractivity contribution in [3.63, 3.8) is 0 Å². The lowest BCUT2D eigenvalue weighted by Gasteiger charge is -2.23. The maximum Gasteiger partial charge on any atom is 0.325 e. The van der Waals surface area contributed by atoms with Crippen LogP contribution in [0.2, 0.25) is 0 Å². The molecule has 0 radical (unpaired) electrons. The van der Waals surface area contributed by atoms with E-state index >= 15 is 0 Å². The van der Waals surface area contributed by atoms with Crippen LogP contribution in [0, 0.1) is 17.1 Å². The molecule has 0 bridgehead atoms. The molecular weight excluding hydrogens is 403 g/mol. The summed E-state index contributed by atoms with van der Waals surface area (Å²) in [5, 5.41) is 11.5. The summed E-state index contributed by atoms with van der Waals surface area (Å²) in [6.07, 6.45) is 0. The smallest absolute Gasteiger partial charge is 0.325 e. The van der Waals surface area contributed by atoms with Crippen LogP contribution >= 0.6 is 0 Å². The van der Waals surface area contributed by atoms with Crippen LogP contribution in [-0.2, 0) is 21.7 Å². The van der Waals surface area contributed by atoms with Gasteiger partial charge < -0.3 is 15.0 Å². The Hall–Kier alpha value is -3.93. The second kappa shape index (κ2) is 8.44. The fourth-order valence-electron chi connectivity index (χ4n) is 3.34. The normalized spacial score (nSPS) is 17.8. The highest BCUT2D eigenvalue weighted by Gasteiger charge is 2.49. The van der Waals surface area contributed by atoms with Crippen LogP contribution in [0.5, 0.6) is 5.75 Å². The second-order valence-electron chi connectivity index (χ2n) is 7.35. The largest absolute Gasteiger partial charge is 0.494 e. The lowest BCUT2D eigenvalue weighted by atomic mass is 9.91. The van der Waals surface area contributed by atoms with Gasteiger partial charge in [-0.1, -0.05) is 18.2 Å². The highest BCUT2D eigenvalue weighted by Crippen LogP contribution is 2.29. The summed E-state index contributed by atoms with van der Waals surface area (Å²) in [7, 11) is 2.86. The molecule has 31 heavy (non-hydrogen) atoms. The Morgan fingerprint density at radius 1 is 1.26 bits per heavy atom. The number of amides is 4. The van der Waals surface area contributed by atoms with E-state index in [4.69, 9.17) is 10.00 Å². The topological polar surface area (TPSA) is 103 Å². The van der Waals surface area contributed by atoms with Gasteiger partial charge in [-0.05, 0) is 42.3 Å². The van der Waals surface area contributed by atoms with Gasteiger partial charge in [0.05, 0.1) is 18.7 Å². The summed E-state index contributed by atoms with van der Waals surface area (Å²) in [6.45, 7) is 1.19. The van der Waals surface area contributed by atoms with Gasteiger partial charge in [-0.25, -0.2) is 9.18 Å². The number of likely N-dealkylation sites (N-methyl/N-ethyl adjacent to an activating group) is 1. The Morgan fingerprint density at radius 3 is 2.52 bits per heavy atom. The molecule has 2 aromatic carbocycles. The molecule has 1 aliphatic heterocycles. The summed E-state index contributed by atoms with van der Waals surface area (Å²) in [5.74, 6) is -1.50. The minimum absolute atomic E-state index is 0.0935. The Bertz CT molecular complexity index is 1080. The molecule has 0 aliphatic carbocycles. The van der Waals surface area contributed by atoms with Crippen molar-refractivity contribution in [1.29, 1.82) is 5.26 Å². The average molecular weight is 424 g/mol. The number of halogens is 1. The van der Waals surface area contributed by atoms with Crippen molar-refractivity contribution in [2.75, 3.05) is 20.7 Å². The number of nitrogens with zero attached hydrogens (tertiary/aromatic N) is 3. The molecule has 0 spiro atoms. The fourth-order valence-corrected chi connectivity index (χ4v) is 3.34. The van der Waals surface area contributed by atoms with Crippen molar-refractivity contribution < 1.29 is 23.5 Å². The molecule has 4 amide bonds. The quantitative estimate of drug-likeness (QED) is 0.716. The van der Waals surface area contributed by atoms with Crippen molar-refractivity contribution in [3.05, 3.63) is 65.0 Å². The second-order valence-corrected chi connectivity index (χ2v) is 7.35. The van der Waals surface area contributed by atoms with Crippen molar-refractivity contribution in [3.8, 4) is 11.8 Å². The number of hydrogen-bond donors (Lipinski definition) is 1. The van der Waals surface area contributed by atoms with Crippen molar-refractivity contribution in [1.82, 2.24) is 15.1 Å². The van der Waals surface area contributed by atoms with Crippen LogP contribution in [0.4, 0.5) is 9.18 Å². The van der Waals surface area contributed by atoms with E-state index in [1.54, 1.807) is 37.3 Å². The minimum atomic E-state index is -1.34. The summed E-state index contributed by atoms with van der Waals surface area (Å²) < 4.78 is 18.7. The number of methoxy groups -OCH3 is 1. The van der Waals surface area contributed by atoms with Crippen molar-refractivity contribution in [2.24, 2.45) is 0 Å². The number of benzene rings is 2. The standard InChI is InChI=1S/C22H21FN4O4/c1-22(16-7-4-14(11-24)5-8-16)20(29)27(21(30)25-22)13-19(28)26(2)12-15-6-9-18(31-3)17(23)10-15/h4-10H,12-13H2,1-3H3,(H,25,30).